The zero-order chi connectivity index (χ0) is 31.6. The van der Waals surface area contributed by atoms with Crippen molar-refractivity contribution in [2.75, 3.05) is 31.5 Å². The van der Waals surface area contributed by atoms with Gasteiger partial charge in [-0.15, -0.1) is 0 Å². The van der Waals surface area contributed by atoms with E-state index in [9.17, 15) is 18.4 Å². The molecule has 2 saturated heterocycles. The van der Waals surface area contributed by atoms with Crippen LogP contribution >= 0.6 is 0 Å². The number of nitrogens with one attached hydrogen (secondary N) is 4. The van der Waals surface area contributed by atoms with Crippen molar-refractivity contribution in [2.24, 2.45) is 0 Å². The summed E-state index contributed by atoms with van der Waals surface area (Å²) in [6.07, 6.45) is 4.97. The van der Waals surface area contributed by atoms with Gasteiger partial charge in [-0.2, -0.15) is 0 Å². The van der Waals surface area contributed by atoms with Crippen molar-refractivity contribution in [3.63, 3.8) is 0 Å². The molecule has 3 heterocycles. The number of ether oxygens (including phenoxy) is 1. The number of carbonyl (C=O) groups excluding carboxylic acids is 2. The van der Waals surface area contributed by atoms with Crippen LogP contribution in [0.15, 0.2) is 54.0 Å². The first-order valence-corrected chi connectivity index (χ1v) is 14.9. The van der Waals surface area contributed by atoms with E-state index in [0.29, 0.717) is 41.2 Å². The molecule has 11 heteroatoms. The van der Waals surface area contributed by atoms with Crippen molar-refractivity contribution in [3.05, 3.63) is 65.1 Å². The fourth-order valence-corrected chi connectivity index (χ4v) is 5.63. The van der Waals surface area contributed by atoms with Crippen LogP contribution in [0.1, 0.15) is 75.7 Å². The number of halogens is 2. The van der Waals surface area contributed by atoms with E-state index in [2.05, 4.69) is 29.5 Å². The van der Waals surface area contributed by atoms with E-state index in [1.165, 1.54) is 4.90 Å². The van der Waals surface area contributed by atoms with Crippen LogP contribution < -0.4 is 16.0 Å². The molecule has 2 fully saturated rings. The highest BCUT2D eigenvalue weighted by Gasteiger charge is 2.38. The molecule has 3 aliphatic rings. The number of amides is 2. The van der Waals surface area contributed by atoms with Gasteiger partial charge in [-0.05, 0) is 76.8 Å². The van der Waals surface area contributed by atoms with Crippen LogP contribution in [0.5, 0.6) is 0 Å². The predicted molar refractivity (Wildman–Crippen MR) is 164 cm³/mol. The quantitative estimate of drug-likeness (QED) is 0.240. The standard InChI is InChI=1S/C32H44F2N6O3/c1-7-31(11-16-40(17-12-31)29(42)43-30(4,5)6)38-25-10-15-36-22(3)26(25)27(35)37-23-8-9-24(21(2)20-23)28(41)39-18-13-32(33,34)14-19-39/h8-10,15,20,36,38H,3,7,11-14,16-19H2,1-2,4-6H3,(H2,35,37). The zero-order valence-electron chi connectivity index (χ0n) is 25.8. The normalized spacial score (nSPS) is 19.9. The second-order valence-corrected chi connectivity index (χ2v) is 12.6. The van der Waals surface area contributed by atoms with Gasteiger partial charge in [0, 0.05) is 73.4 Å². The molecule has 4 rings (SSSR count). The summed E-state index contributed by atoms with van der Waals surface area (Å²) in [4.78, 5) is 28.8. The lowest BCUT2D eigenvalue weighted by molar-refractivity contribution is -0.0494. The molecular weight excluding hydrogens is 554 g/mol. The second-order valence-electron chi connectivity index (χ2n) is 12.6. The molecular formula is C32H44F2N6O3. The summed E-state index contributed by atoms with van der Waals surface area (Å²) < 4.78 is 32.7. The molecule has 3 aliphatic heterocycles. The molecule has 43 heavy (non-hydrogen) atoms. The molecule has 234 valence electrons. The minimum atomic E-state index is -2.72. The van der Waals surface area contributed by atoms with E-state index in [4.69, 9.17) is 10.1 Å². The second kappa shape index (κ2) is 12.4. The van der Waals surface area contributed by atoms with Crippen LogP contribution in [0.25, 0.3) is 0 Å². The van der Waals surface area contributed by atoms with Crippen molar-refractivity contribution in [2.45, 2.75) is 83.8 Å². The smallest absolute Gasteiger partial charge is 0.410 e. The summed E-state index contributed by atoms with van der Waals surface area (Å²) in [5, 5.41) is 18.8. The highest BCUT2D eigenvalue weighted by Crippen LogP contribution is 2.31. The van der Waals surface area contributed by atoms with E-state index < -0.39 is 11.5 Å². The average molecular weight is 599 g/mol. The van der Waals surface area contributed by atoms with Gasteiger partial charge in [-0.1, -0.05) is 13.5 Å². The van der Waals surface area contributed by atoms with Gasteiger partial charge in [0.15, 0.2) is 0 Å². The molecule has 2 amide bonds. The third-order valence-electron chi connectivity index (χ3n) is 8.29. The van der Waals surface area contributed by atoms with Crippen LogP contribution in [-0.4, -0.2) is 70.9 Å². The number of hydrogen-bond donors (Lipinski definition) is 4. The Kier molecular flexibility index (Phi) is 9.22. The predicted octanol–water partition coefficient (Wildman–Crippen LogP) is 5.91. The number of likely N-dealkylation sites (tertiary alicyclic amines) is 2. The number of anilines is 1. The molecule has 0 saturated carbocycles. The molecule has 4 N–H and O–H groups in total. The van der Waals surface area contributed by atoms with Gasteiger partial charge in [0.05, 0.1) is 5.57 Å². The summed E-state index contributed by atoms with van der Waals surface area (Å²) in [6.45, 7) is 14.8. The van der Waals surface area contributed by atoms with Crippen LogP contribution in [0, 0.1) is 12.3 Å². The number of benzene rings is 1. The van der Waals surface area contributed by atoms with Gasteiger partial charge in [0.1, 0.15) is 11.4 Å². The lowest BCUT2D eigenvalue weighted by Gasteiger charge is -2.43. The Morgan fingerprint density at radius 2 is 1.72 bits per heavy atom. The summed E-state index contributed by atoms with van der Waals surface area (Å²) >= 11 is 0. The Labute approximate surface area is 252 Å². The number of alkyl halides is 2. The minimum Gasteiger partial charge on any atom is -0.444 e. The van der Waals surface area contributed by atoms with E-state index in [1.807, 2.05) is 26.8 Å². The number of hydrogen-bond acceptors (Lipinski definition) is 6. The number of carbonyl (C=O) groups is 2. The van der Waals surface area contributed by atoms with Crippen LogP contribution in [0.4, 0.5) is 19.3 Å². The largest absolute Gasteiger partial charge is 0.444 e. The number of dihydropyridines is 1. The molecule has 0 aromatic heterocycles. The van der Waals surface area contributed by atoms with Gasteiger partial charge in [-0.25, -0.2) is 13.6 Å². The minimum absolute atomic E-state index is 0.0285. The number of aryl methyl sites for hydroxylation is 1. The molecule has 0 radical (unpaired) electrons. The van der Waals surface area contributed by atoms with Crippen LogP contribution in [0.2, 0.25) is 0 Å². The summed E-state index contributed by atoms with van der Waals surface area (Å²) in [7, 11) is 0. The van der Waals surface area contributed by atoms with Gasteiger partial charge < -0.3 is 30.5 Å². The highest BCUT2D eigenvalue weighted by atomic mass is 19.3. The third kappa shape index (κ3) is 7.74. The number of rotatable bonds is 6. The maximum atomic E-state index is 13.6. The molecule has 0 bridgehead atoms. The molecule has 0 spiro atoms. The highest BCUT2D eigenvalue weighted by molar-refractivity contribution is 6.10. The van der Waals surface area contributed by atoms with Gasteiger partial charge in [0.25, 0.3) is 11.8 Å². The van der Waals surface area contributed by atoms with Crippen molar-refractivity contribution in [1.82, 2.24) is 20.4 Å². The Bertz CT molecular complexity index is 1330. The van der Waals surface area contributed by atoms with E-state index in [1.54, 1.807) is 36.2 Å². The Morgan fingerprint density at radius 3 is 2.30 bits per heavy atom. The fraction of sp³-hybridized carbons (Fsp3) is 0.531. The molecule has 0 aliphatic carbocycles. The van der Waals surface area contributed by atoms with Crippen molar-refractivity contribution in [3.8, 4) is 0 Å². The zero-order valence-corrected chi connectivity index (χ0v) is 25.8. The number of amidine groups is 1. The van der Waals surface area contributed by atoms with Crippen molar-refractivity contribution < 1.29 is 23.1 Å². The lowest BCUT2D eigenvalue weighted by atomic mass is 9.84. The fourth-order valence-electron chi connectivity index (χ4n) is 5.63. The Morgan fingerprint density at radius 1 is 1.09 bits per heavy atom. The molecule has 0 atom stereocenters. The molecule has 1 aromatic carbocycles. The molecule has 9 nitrogen and oxygen atoms in total. The van der Waals surface area contributed by atoms with Crippen LogP contribution in [0.3, 0.4) is 0 Å². The maximum Gasteiger partial charge on any atom is 0.410 e. The first-order chi connectivity index (χ1) is 20.1. The average Bonchev–Trinajstić information content (AvgIpc) is 2.92. The lowest BCUT2D eigenvalue weighted by Crippen LogP contribution is -2.54. The van der Waals surface area contributed by atoms with Gasteiger partial charge in [0.2, 0.25) is 0 Å². The third-order valence-corrected chi connectivity index (χ3v) is 8.29. The topological polar surface area (TPSA) is 110 Å². The monoisotopic (exact) mass is 598 g/mol. The van der Waals surface area contributed by atoms with E-state index >= 15 is 0 Å². The van der Waals surface area contributed by atoms with Crippen molar-refractivity contribution >= 4 is 23.5 Å². The summed E-state index contributed by atoms with van der Waals surface area (Å²) in [6, 6.07) is 5.17. The summed E-state index contributed by atoms with van der Waals surface area (Å²) in [5.74, 6) is -2.86. The van der Waals surface area contributed by atoms with E-state index in [-0.39, 0.29) is 49.3 Å². The first-order valence-electron chi connectivity index (χ1n) is 14.9. The molecule has 0 unspecified atom stereocenters. The van der Waals surface area contributed by atoms with E-state index in [0.717, 1.165) is 25.0 Å². The number of nitrogens with zero attached hydrogens (tertiary/aromatic N) is 2. The number of piperidine rings is 2. The van der Waals surface area contributed by atoms with Gasteiger partial charge >= 0.3 is 6.09 Å². The molecule has 1 aromatic rings. The maximum absolute atomic E-state index is 13.6. The SMILES string of the molecule is C=C1NC=CC(NC2(CC)CCN(C(=O)OC(C)(C)C)CC2)=C1C(=N)Nc1ccc(C(=O)N2CCC(F)(F)CC2)c(C)c1. The van der Waals surface area contributed by atoms with Crippen LogP contribution in [-0.2, 0) is 4.74 Å². The summed E-state index contributed by atoms with van der Waals surface area (Å²) in [5.41, 5.74) is 2.83. The van der Waals surface area contributed by atoms with Gasteiger partial charge in [-0.3, -0.25) is 10.2 Å². The van der Waals surface area contributed by atoms with Crippen molar-refractivity contribution in [1.29, 1.82) is 5.41 Å². The number of allylic oxidation sites excluding steroid dienone is 1. The Balaban J connectivity index is 1.46. The Hall–Kier alpha value is -3.89. The first kappa shape index (κ1) is 32.0.